The van der Waals surface area contributed by atoms with Crippen LogP contribution in [0.3, 0.4) is 0 Å². The van der Waals surface area contributed by atoms with Crippen LogP contribution in [0, 0.1) is 11.3 Å². The van der Waals surface area contributed by atoms with E-state index in [-0.39, 0.29) is 11.3 Å². The van der Waals surface area contributed by atoms with Crippen LogP contribution in [0.2, 0.25) is 0 Å². The predicted octanol–water partition coefficient (Wildman–Crippen LogP) is 4.55. The van der Waals surface area contributed by atoms with Gasteiger partial charge >= 0.3 is 0 Å². The van der Waals surface area contributed by atoms with Crippen LogP contribution in [-0.4, -0.2) is 20.9 Å². The summed E-state index contributed by atoms with van der Waals surface area (Å²) < 4.78 is 0. The molecule has 146 valence electrons. The number of pyridine rings is 1. The van der Waals surface area contributed by atoms with Gasteiger partial charge in [-0.1, -0.05) is 24.6 Å². The summed E-state index contributed by atoms with van der Waals surface area (Å²) in [6, 6.07) is 20.5. The number of carbonyl (C=O) groups excluding carboxylic acids is 1. The molecular formula is C24H19N5O. The fraction of sp³-hybridized carbons (Fsp3) is 0.167. The van der Waals surface area contributed by atoms with Crippen molar-refractivity contribution in [3.63, 3.8) is 0 Å². The smallest absolute Gasteiger partial charge is 0.255 e. The molecule has 4 aromatic rings. The van der Waals surface area contributed by atoms with Crippen molar-refractivity contribution >= 4 is 22.6 Å². The number of rotatable bonds is 4. The Labute approximate surface area is 173 Å². The van der Waals surface area contributed by atoms with Gasteiger partial charge in [0.25, 0.3) is 5.91 Å². The minimum Gasteiger partial charge on any atom is -0.341 e. The first-order valence-corrected chi connectivity index (χ1v) is 9.91. The standard InChI is InChI=1S/C24H19N5O/c25-14-16-5-3-6-17(13-16)22(30)27-18-9-10-21(26-15-18)24(11-4-12-24)23-28-19-7-1-2-8-20(19)29-23/h1-3,5-10,13,15H,4,11-12H2,(H,27,30)(H,28,29). The number of aromatic nitrogens is 3. The summed E-state index contributed by atoms with van der Waals surface area (Å²) in [6.45, 7) is 0. The van der Waals surface area contributed by atoms with E-state index in [2.05, 4.69) is 15.3 Å². The number of imidazole rings is 1. The number of hydrogen-bond donors (Lipinski definition) is 2. The second kappa shape index (κ2) is 7.12. The minimum atomic E-state index is -0.266. The third-order valence-electron chi connectivity index (χ3n) is 5.82. The Hall–Kier alpha value is -3.98. The van der Waals surface area contributed by atoms with E-state index in [1.165, 1.54) is 0 Å². The lowest BCUT2D eigenvalue weighted by molar-refractivity contribution is 0.102. The lowest BCUT2D eigenvalue weighted by Crippen LogP contribution is -2.37. The summed E-state index contributed by atoms with van der Waals surface area (Å²) in [5.41, 5.74) is 4.25. The van der Waals surface area contributed by atoms with E-state index in [1.807, 2.05) is 42.5 Å². The maximum absolute atomic E-state index is 12.5. The van der Waals surface area contributed by atoms with Gasteiger partial charge in [-0.25, -0.2) is 4.98 Å². The third kappa shape index (κ3) is 3.01. The van der Waals surface area contributed by atoms with Crippen molar-refractivity contribution in [2.24, 2.45) is 0 Å². The fourth-order valence-corrected chi connectivity index (χ4v) is 4.01. The molecule has 2 heterocycles. The molecule has 1 amide bonds. The molecule has 2 N–H and O–H groups in total. The second-order valence-electron chi connectivity index (χ2n) is 7.62. The zero-order chi connectivity index (χ0) is 20.6. The summed E-state index contributed by atoms with van der Waals surface area (Å²) in [5.74, 6) is 0.685. The number of amides is 1. The van der Waals surface area contributed by atoms with Crippen molar-refractivity contribution in [3.8, 4) is 6.07 Å². The van der Waals surface area contributed by atoms with E-state index in [0.29, 0.717) is 16.8 Å². The molecule has 0 saturated heterocycles. The van der Waals surface area contributed by atoms with E-state index in [9.17, 15) is 4.79 Å². The third-order valence-corrected chi connectivity index (χ3v) is 5.82. The quantitative estimate of drug-likeness (QED) is 0.532. The van der Waals surface area contributed by atoms with Crippen LogP contribution in [0.5, 0.6) is 0 Å². The summed E-state index contributed by atoms with van der Waals surface area (Å²) in [4.78, 5) is 25.4. The highest BCUT2D eigenvalue weighted by molar-refractivity contribution is 6.04. The lowest BCUT2D eigenvalue weighted by Gasteiger charge is -2.39. The van der Waals surface area contributed by atoms with Gasteiger partial charge in [0.05, 0.1) is 45.7 Å². The number of aromatic amines is 1. The van der Waals surface area contributed by atoms with Gasteiger partial charge in [-0.3, -0.25) is 9.78 Å². The molecule has 0 spiro atoms. The van der Waals surface area contributed by atoms with Crippen molar-refractivity contribution in [3.05, 3.63) is 89.5 Å². The molecule has 5 rings (SSSR count). The van der Waals surface area contributed by atoms with Gasteiger partial charge in [0.1, 0.15) is 5.82 Å². The molecule has 1 fully saturated rings. The first-order chi connectivity index (χ1) is 14.7. The van der Waals surface area contributed by atoms with Crippen molar-refractivity contribution < 1.29 is 4.79 Å². The number of anilines is 1. The molecule has 2 aromatic heterocycles. The number of benzene rings is 2. The summed E-state index contributed by atoms with van der Waals surface area (Å²) in [5, 5.41) is 11.9. The number of nitrogens with zero attached hydrogens (tertiary/aromatic N) is 3. The predicted molar refractivity (Wildman–Crippen MR) is 114 cm³/mol. The van der Waals surface area contributed by atoms with Crippen molar-refractivity contribution in [1.29, 1.82) is 5.26 Å². The molecule has 0 aliphatic heterocycles. The van der Waals surface area contributed by atoms with Crippen molar-refractivity contribution in [1.82, 2.24) is 15.0 Å². The van der Waals surface area contributed by atoms with Gasteiger partial charge in [-0.2, -0.15) is 5.26 Å². The van der Waals surface area contributed by atoms with Crippen LogP contribution in [-0.2, 0) is 5.41 Å². The number of H-pyrrole nitrogens is 1. The molecule has 0 bridgehead atoms. The van der Waals surface area contributed by atoms with E-state index in [0.717, 1.165) is 41.8 Å². The fourth-order valence-electron chi connectivity index (χ4n) is 4.01. The lowest BCUT2D eigenvalue weighted by atomic mass is 9.66. The Balaban J connectivity index is 1.40. The number of para-hydroxylation sites is 2. The van der Waals surface area contributed by atoms with E-state index >= 15 is 0 Å². The SMILES string of the molecule is N#Cc1cccc(C(=O)Nc2ccc(C3(c4nc5ccccc5[nH]4)CCC3)nc2)c1. The molecule has 0 atom stereocenters. The van der Waals surface area contributed by atoms with Crippen LogP contribution in [0.1, 0.15) is 46.7 Å². The Bertz CT molecular complexity index is 1250. The van der Waals surface area contributed by atoms with E-state index in [1.54, 1.807) is 30.5 Å². The molecule has 6 nitrogen and oxygen atoms in total. The number of nitriles is 1. The van der Waals surface area contributed by atoms with Crippen molar-refractivity contribution in [2.45, 2.75) is 24.7 Å². The van der Waals surface area contributed by atoms with Gasteiger partial charge in [-0.05, 0) is 55.3 Å². The van der Waals surface area contributed by atoms with Crippen molar-refractivity contribution in [2.75, 3.05) is 5.32 Å². The van der Waals surface area contributed by atoms with Crippen LogP contribution in [0.15, 0.2) is 66.9 Å². The zero-order valence-electron chi connectivity index (χ0n) is 16.2. The summed E-state index contributed by atoms with van der Waals surface area (Å²) >= 11 is 0. The molecule has 6 heteroatoms. The molecule has 1 saturated carbocycles. The Kier molecular flexibility index (Phi) is 4.29. The molecule has 0 unspecified atom stereocenters. The Morgan fingerprint density at radius 1 is 1.10 bits per heavy atom. The number of fused-ring (bicyclic) bond motifs is 1. The maximum atomic E-state index is 12.5. The highest BCUT2D eigenvalue weighted by Crippen LogP contribution is 2.47. The topological polar surface area (TPSA) is 94.5 Å². The number of nitrogens with one attached hydrogen (secondary N) is 2. The monoisotopic (exact) mass is 393 g/mol. The molecule has 2 aromatic carbocycles. The van der Waals surface area contributed by atoms with Crippen LogP contribution < -0.4 is 5.32 Å². The highest BCUT2D eigenvalue weighted by Gasteiger charge is 2.44. The van der Waals surface area contributed by atoms with Crippen LogP contribution >= 0.6 is 0 Å². The van der Waals surface area contributed by atoms with Gasteiger partial charge < -0.3 is 10.3 Å². The van der Waals surface area contributed by atoms with Crippen LogP contribution in [0.25, 0.3) is 11.0 Å². The van der Waals surface area contributed by atoms with E-state index in [4.69, 9.17) is 10.2 Å². The summed E-state index contributed by atoms with van der Waals surface area (Å²) in [6.07, 6.45) is 4.80. The zero-order valence-corrected chi connectivity index (χ0v) is 16.2. The van der Waals surface area contributed by atoms with Gasteiger partial charge in [-0.15, -0.1) is 0 Å². The Morgan fingerprint density at radius 2 is 1.97 bits per heavy atom. The molecular weight excluding hydrogens is 374 g/mol. The average Bonchev–Trinajstić information content (AvgIpc) is 3.18. The molecule has 1 aliphatic carbocycles. The normalized spacial score (nSPS) is 14.6. The molecule has 30 heavy (non-hydrogen) atoms. The second-order valence-corrected chi connectivity index (χ2v) is 7.62. The van der Waals surface area contributed by atoms with Gasteiger partial charge in [0.2, 0.25) is 0 Å². The molecule has 0 radical (unpaired) electrons. The average molecular weight is 393 g/mol. The first-order valence-electron chi connectivity index (χ1n) is 9.91. The number of carbonyl (C=O) groups is 1. The highest BCUT2D eigenvalue weighted by atomic mass is 16.1. The first kappa shape index (κ1) is 18.1. The van der Waals surface area contributed by atoms with Gasteiger partial charge in [0, 0.05) is 5.56 Å². The Morgan fingerprint density at radius 3 is 2.67 bits per heavy atom. The molecule has 1 aliphatic rings. The largest absolute Gasteiger partial charge is 0.341 e. The number of hydrogen-bond acceptors (Lipinski definition) is 4. The minimum absolute atomic E-state index is 0.206. The maximum Gasteiger partial charge on any atom is 0.255 e. The van der Waals surface area contributed by atoms with E-state index < -0.39 is 0 Å². The van der Waals surface area contributed by atoms with Crippen LogP contribution in [0.4, 0.5) is 5.69 Å². The van der Waals surface area contributed by atoms with Gasteiger partial charge in [0.15, 0.2) is 0 Å². The summed E-state index contributed by atoms with van der Waals surface area (Å²) in [7, 11) is 0.